The number of rotatable bonds is 6. The van der Waals surface area contributed by atoms with E-state index in [0.717, 1.165) is 10.6 Å². The van der Waals surface area contributed by atoms with Crippen LogP contribution in [0.5, 0.6) is 0 Å². The normalized spacial score (nSPS) is 21.9. The first-order chi connectivity index (χ1) is 10.9. The fourth-order valence-corrected chi connectivity index (χ4v) is 3.24. The van der Waals surface area contributed by atoms with Gasteiger partial charge in [0.25, 0.3) is 0 Å². The Morgan fingerprint density at radius 1 is 1.25 bits per heavy atom. The van der Waals surface area contributed by atoms with Gasteiger partial charge in [-0.3, -0.25) is 13.9 Å². The average molecular weight is 394 g/mol. The highest BCUT2D eigenvalue weighted by Gasteiger charge is 2.69. The van der Waals surface area contributed by atoms with E-state index in [1.54, 1.807) is 6.92 Å². The summed E-state index contributed by atoms with van der Waals surface area (Å²) < 4.78 is 27.9. The molecule has 1 saturated carbocycles. The lowest BCUT2D eigenvalue weighted by atomic mass is 10.1. The molecule has 0 amide bonds. The highest BCUT2D eigenvalue weighted by molar-refractivity contribution is 7.92. The SMILES string of the molecule is CN(c1ccc(C(=O)COC(=O)[C@@]2(C)CC2(Cl)Cl)cc1)S(C)(=O)=O. The molecule has 0 spiro atoms. The van der Waals surface area contributed by atoms with Gasteiger partial charge in [-0.15, -0.1) is 23.2 Å². The summed E-state index contributed by atoms with van der Waals surface area (Å²) in [5, 5.41) is 0. The largest absolute Gasteiger partial charge is 0.457 e. The monoisotopic (exact) mass is 393 g/mol. The number of benzene rings is 1. The number of hydrogen-bond donors (Lipinski definition) is 0. The maximum absolute atomic E-state index is 12.1. The Balaban J connectivity index is 1.98. The number of sulfonamides is 1. The minimum absolute atomic E-state index is 0.280. The van der Waals surface area contributed by atoms with Crippen LogP contribution in [0.4, 0.5) is 5.69 Å². The van der Waals surface area contributed by atoms with Gasteiger partial charge in [-0.1, -0.05) is 0 Å². The molecule has 1 fully saturated rings. The van der Waals surface area contributed by atoms with Crippen molar-refractivity contribution >= 4 is 50.7 Å². The van der Waals surface area contributed by atoms with E-state index in [9.17, 15) is 18.0 Å². The molecule has 6 nitrogen and oxygen atoms in total. The van der Waals surface area contributed by atoms with E-state index in [4.69, 9.17) is 27.9 Å². The highest BCUT2D eigenvalue weighted by atomic mass is 35.5. The topological polar surface area (TPSA) is 80.8 Å². The Hall–Kier alpha value is -1.31. The first kappa shape index (κ1) is 19.0. The molecule has 0 unspecified atom stereocenters. The lowest BCUT2D eigenvalue weighted by molar-refractivity contribution is -0.148. The van der Waals surface area contributed by atoms with Gasteiger partial charge in [0.05, 0.1) is 11.9 Å². The number of ketones is 1. The molecule has 132 valence electrons. The molecular weight excluding hydrogens is 377 g/mol. The average Bonchev–Trinajstić information content (AvgIpc) is 3.02. The fourth-order valence-electron chi connectivity index (χ4n) is 2.04. The fraction of sp³-hybridized carbons (Fsp3) is 0.467. The molecule has 1 aliphatic carbocycles. The molecule has 0 bridgehead atoms. The third-order valence-corrected chi connectivity index (χ3v) is 6.40. The molecule has 9 heteroatoms. The van der Waals surface area contributed by atoms with Gasteiger partial charge in [0, 0.05) is 19.0 Å². The van der Waals surface area contributed by atoms with Gasteiger partial charge >= 0.3 is 5.97 Å². The summed E-state index contributed by atoms with van der Waals surface area (Å²) >= 11 is 11.8. The number of carbonyl (C=O) groups excluding carboxylic acids is 2. The van der Waals surface area contributed by atoms with E-state index in [0.29, 0.717) is 11.3 Å². The van der Waals surface area contributed by atoms with E-state index in [-0.39, 0.29) is 6.42 Å². The van der Waals surface area contributed by atoms with Crippen molar-refractivity contribution in [3.63, 3.8) is 0 Å². The Labute approximate surface area is 150 Å². The predicted octanol–water partition coefficient (Wildman–Crippen LogP) is 2.39. The van der Waals surface area contributed by atoms with Crippen LogP contribution in [-0.4, -0.2) is 44.4 Å². The summed E-state index contributed by atoms with van der Waals surface area (Å²) in [6.07, 6.45) is 1.36. The first-order valence-corrected chi connectivity index (χ1v) is 9.61. The van der Waals surface area contributed by atoms with Crippen molar-refractivity contribution in [2.75, 3.05) is 24.2 Å². The Morgan fingerprint density at radius 2 is 1.75 bits per heavy atom. The number of alkyl halides is 2. The van der Waals surface area contributed by atoms with Gasteiger partial charge < -0.3 is 4.74 Å². The zero-order valence-electron chi connectivity index (χ0n) is 13.4. The van der Waals surface area contributed by atoms with Crippen LogP contribution in [0, 0.1) is 5.41 Å². The van der Waals surface area contributed by atoms with Crippen molar-refractivity contribution in [2.45, 2.75) is 17.7 Å². The van der Waals surface area contributed by atoms with Crippen LogP contribution in [0.3, 0.4) is 0 Å². The summed E-state index contributed by atoms with van der Waals surface area (Å²) in [4.78, 5) is 24.0. The van der Waals surface area contributed by atoms with Crippen molar-refractivity contribution in [1.29, 1.82) is 0 Å². The quantitative estimate of drug-likeness (QED) is 0.421. The molecule has 0 radical (unpaired) electrons. The van der Waals surface area contributed by atoms with Crippen LogP contribution in [0.1, 0.15) is 23.7 Å². The molecule has 24 heavy (non-hydrogen) atoms. The summed E-state index contributed by atoms with van der Waals surface area (Å²) in [5.74, 6) is -1.02. The number of hydrogen-bond acceptors (Lipinski definition) is 5. The number of Topliss-reactive ketones (excluding diaryl/α,β-unsaturated/α-hetero) is 1. The van der Waals surface area contributed by atoms with Crippen molar-refractivity contribution < 1.29 is 22.7 Å². The lowest BCUT2D eigenvalue weighted by Gasteiger charge is -2.16. The maximum Gasteiger partial charge on any atom is 0.315 e. The number of carbonyl (C=O) groups is 2. The number of nitrogens with zero attached hydrogens (tertiary/aromatic N) is 1. The minimum atomic E-state index is -3.38. The first-order valence-electron chi connectivity index (χ1n) is 7.01. The Bertz CT molecular complexity index is 776. The number of anilines is 1. The second kappa shape index (κ2) is 6.20. The lowest BCUT2D eigenvalue weighted by Crippen LogP contribution is -2.25. The van der Waals surface area contributed by atoms with Crippen LogP contribution >= 0.6 is 23.2 Å². The smallest absolute Gasteiger partial charge is 0.315 e. The van der Waals surface area contributed by atoms with Crippen LogP contribution in [0.15, 0.2) is 24.3 Å². The third-order valence-electron chi connectivity index (χ3n) is 4.09. The minimum Gasteiger partial charge on any atom is -0.457 e. The summed E-state index contributed by atoms with van der Waals surface area (Å²) in [6.45, 7) is 1.15. The molecule has 0 N–H and O–H groups in total. The van der Waals surface area contributed by atoms with Crippen molar-refractivity contribution in [2.24, 2.45) is 5.41 Å². The number of esters is 1. The maximum atomic E-state index is 12.1. The standard InChI is InChI=1S/C15H17Cl2NO5S/c1-14(9-15(14,16)17)13(20)23-8-12(19)10-4-6-11(7-5-10)18(2)24(3,21)22/h4-7H,8-9H2,1-3H3/t14-/m1/s1. The van der Waals surface area contributed by atoms with Crippen LogP contribution in [-0.2, 0) is 19.6 Å². The van der Waals surface area contributed by atoms with E-state index in [1.807, 2.05) is 0 Å². The van der Waals surface area contributed by atoms with Crippen LogP contribution in [0.2, 0.25) is 0 Å². The second-order valence-corrected chi connectivity index (χ2v) is 9.49. The van der Waals surface area contributed by atoms with Gasteiger partial charge in [0.1, 0.15) is 9.75 Å². The molecule has 1 aromatic carbocycles. The molecule has 0 aliphatic heterocycles. The van der Waals surface area contributed by atoms with E-state index < -0.39 is 38.1 Å². The van der Waals surface area contributed by atoms with E-state index in [2.05, 4.69) is 0 Å². The molecule has 1 aliphatic rings. The number of ether oxygens (including phenoxy) is 1. The zero-order chi connectivity index (χ0) is 18.3. The zero-order valence-corrected chi connectivity index (χ0v) is 15.7. The molecule has 1 atom stereocenters. The van der Waals surface area contributed by atoms with Gasteiger partial charge in [-0.25, -0.2) is 8.42 Å². The van der Waals surface area contributed by atoms with Crippen molar-refractivity contribution in [3.8, 4) is 0 Å². The van der Waals surface area contributed by atoms with Crippen LogP contribution < -0.4 is 4.31 Å². The molecule has 2 rings (SSSR count). The van der Waals surface area contributed by atoms with Crippen molar-refractivity contribution in [1.82, 2.24) is 0 Å². The van der Waals surface area contributed by atoms with Crippen molar-refractivity contribution in [3.05, 3.63) is 29.8 Å². The van der Waals surface area contributed by atoms with Gasteiger partial charge in [-0.05, 0) is 31.2 Å². The Kier molecular flexibility index (Phi) is 4.92. The van der Waals surface area contributed by atoms with E-state index >= 15 is 0 Å². The third kappa shape index (κ3) is 3.68. The summed E-state index contributed by atoms with van der Waals surface area (Å²) in [5.41, 5.74) is -0.263. The van der Waals surface area contributed by atoms with Crippen LogP contribution in [0.25, 0.3) is 0 Å². The van der Waals surface area contributed by atoms with Gasteiger partial charge in [0.2, 0.25) is 10.0 Å². The molecule has 0 aromatic heterocycles. The molecular formula is C15H17Cl2NO5S. The van der Waals surface area contributed by atoms with E-state index in [1.165, 1.54) is 31.3 Å². The second-order valence-electron chi connectivity index (χ2n) is 5.99. The number of halogens is 2. The highest BCUT2D eigenvalue weighted by Crippen LogP contribution is 2.64. The predicted molar refractivity (Wildman–Crippen MR) is 92.1 cm³/mol. The summed E-state index contributed by atoms with van der Waals surface area (Å²) in [7, 11) is -1.97. The Morgan fingerprint density at radius 3 is 2.17 bits per heavy atom. The summed E-state index contributed by atoms with van der Waals surface area (Å²) in [6, 6.07) is 5.94. The molecule has 0 heterocycles. The molecule has 0 saturated heterocycles. The van der Waals surface area contributed by atoms with Gasteiger partial charge in [0.15, 0.2) is 12.4 Å². The van der Waals surface area contributed by atoms with Gasteiger partial charge in [-0.2, -0.15) is 0 Å². The molecule has 1 aromatic rings.